The molecule has 0 saturated carbocycles. The van der Waals surface area contributed by atoms with Gasteiger partial charge in [0.1, 0.15) is 0 Å². The van der Waals surface area contributed by atoms with Gasteiger partial charge in [-0.15, -0.1) is 0 Å². The Kier molecular flexibility index (Phi) is 5.90. The SMILES string of the molecule is CC(C)/C(=C\C(=O)NCc1cccnc1)c1ccc(Br)cc1. The van der Waals surface area contributed by atoms with Crippen molar-refractivity contribution in [2.75, 3.05) is 0 Å². The highest BCUT2D eigenvalue weighted by Crippen LogP contribution is 2.24. The maximum atomic E-state index is 12.2. The number of carbonyl (C=O) groups excluding carboxylic acids is 1. The minimum Gasteiger partial charge on any atom is -0.348 e. The molecule has 0 radical (unpaired) electrons. The molecule has 0 aliphatic carbocycles. The van der Waals surface area contributed by atoms with Crippen molar-refractivity contribution < 1.29 is 4.79 Å². The Bertz CT molecular complexity index is 649. The van der Waals surface area contributed by atoms with Crippen LogP contribution in [0.2, 0.25) is 0 Å². The standard InChI is InChI=1S/C18H19BrN2O/c1-13(2)17(15-5-7-16(19)8-6-15)10-18(22)21-12-14-4-3-9-20-11-14/h3-11,13H,12H2,1-2H3,(H,21,22)/b17-10+. The lowest BCUT2D eigenvalue weighted by Gasteiger charge is -2.12. The smallest absolute Gasteiger partial charge is 0.244 e. The normalized spacial score (nSPS) is 11.5. The van der Waals surface area contributed by atoms with Gasteiger partial charge < -0.3 is 5.32 Å². The van der Waals surface area contributed by atoms with Crippen molar-refractivity contribution in [2.45, 2.75) is 20.4 Å². The van der Waals surface area contributed by atoms with E-state index < -0.39 is 0 Å². The Balaban J connectivity index is 2.09. The third-order valence-electron chi connectivity index (χ3n) is 3.28. The van der Waals surface area contributed by atoms with Crippen LogP contribution in [0.25, 0.3) is 5.57 Å². The lowest BCUT2D eigenvalue weighted by Crippen LogP contribution is -2.21. The molecule has 1 N–H and O–H groups in total. The molecule has 114 valence electrons. The average Bonchev–Trinajstić information content (AvgIpc) is 2.52. The summed E-state index contributed by atoms with van der Waals surface area (Å²) >= 11 is 3.43. The van der Waals surface area contributed by atoms with Crippen LogP contribution < -0.4 is 5.32 Å². The van der Waals surface area contributed by atoms with E-state index in [0.29, 0.717) is 6.54 Å². The van der Waals surface area contributed by atoms with E-state index in [4.69, 9.17) is 0 Å². The van der Waals surface area contributed by atoms with Crippen LogP contribution in [0.15, 0.2) is 59.3 Å². The quantitative estimate of drug-likeness (QED) is 0.813. The van der Waals surface area contributed by atoms with Gasteiger partial charge in [0.15, 0.2) is 0 Å². The summed E-state index contributed by atoms with van der Waals surface area (Å²) in [5.41, 5.74) is 3.07. The number of hydrogen-bond donors (Lipinski definition) is 1. The highest BCUT2D eigenvalue weighted by molar-refractivity contribution is 9.10. The number of halogens is 1. The molecule has 2 rings (SSSR count). The van der Waals surface area contributed by atoms with E-state index in [1.807, 2.05) is 36.4 Å². The van der Waals surface area contributed by atoms with Gasteiger partial charge in [-0.1, -0.05) is 48.0 Å². The van der Waals surface area contributed by atoms with Crippen LogP contribution in [0.4, 0.5) is 0 Å². The molecule has 1 aromatic heterocycles. The molecule has 4 heteroatoms. The molecular formula is C18H19BrN2O. The molecule has 1 amide bonds. The number of hydrogen-bond acceptors (Lipinski definition) is 2. The van der Waals surface area contributed by atoms with Crippen molar-refractivity contribution in [3.8, 4) is 0 Å². The Morgan fingerprint density at radius 3 is 2.59 bits per heavy atom. The number of amides is 1. The zero-order valence-electron chi connectivity index (χ0n) is 12.7. The molecule has 1 heterocycles. The maximum absolute atomic E-state index is 12.2. The van der Waals surface area contributed by atoms with E-state index in [2.05, 4.69) is 40.1 Å². The Hall–Kier alpha value is -1.94. The van der Waals surface area contributed by atoms with Crippen LogP contribution in [-0.4, -0.2) is 10.9 Å². The predicted molar refractivity (Wildman–Crippen MR) is 93.0 cm³/mol. The first kappa shape index (κ1) is 16.4. The summed E-state index contributed by atoms with van der Waals surface area (Å²) in [6.07, 6.45) is 5.15. The second-order valence-corrected chi connectivity index (χ2v) is 6.26. The Labute approximate surface area is 139 Å². The second-order valence-electron chi connectivity index (χ2n) is 5.34. The summed E-state index contributed by atoms with van der Waals surface area (Å²) in [6, 6.07) is 11.8. The van der Waals surface area contributed by atoms with Crippen LogP contribution in [0.3, 0.4) is 0 Å². The average molecular weight is 359 g/mol. The Morgan fingerprint density at radius 2 is 2.00 bits per heavy atom. The van der Waals surface area contributed by atoms with Crippen LogP contribution in [0.5, 0.6) is 0 Å². The lowest BCUT2D eigenvalue weighted by molar-refractivity contribution is -0.116. The van der Waals surface area contributed by atoms with E-state index in [1.165, 1.54) is 0 Å². The summed E-state index contributed by atoms with van der Waals surface area (Å²) in [4.78, 5) is 16.2. The molecule has 0 aliphatic heterocycles. The number of nitrogens with one attached hydrogen (secondary N) is 1. The van der Waals surface area contributed by atoms with Crippen molar-refractivity contribution in [1.29, 1.82) is 0 Å². The number of allylic oxidation sites excluding steroid dienone is 1. The minimum absolute atomic E-state index is 0.0875. The van der Waals surface area contributed by atoms with Gasteiger partial charge in [0.05, 0.1) is 0 Å². The number of aromatic nitrogens is 1. The van der Waals surface area contributed by atoms with Crippen molar-refractivity contribution in [2.24, 2.45) is 5.92 Å². The molecule has 2 aromatic rings. The molecule has 0 atom stereocenters. The van der Waals surface area contributed by atoms with Crippen molar-refractivity contribution in [3.63, 3.8) is 0 Å². The van der Waals surface area contributed by atoms with Crippen LogP contribution in [0.1, 0.15) is 25.0 Å². The maximum Gasteiger partial charge on any atom is 0.244 e. The summed E-state index contributed by atoms with van der Waals surface area (Å²) in [5.74, 6) is 0.181. The molecule has 3 nitrogen and oxygen atoms in total. The predicted octanol–water partition coefficient (Wildman–Crippen LogP) is 4.20. The van der Waals surface area contributed by atoms with E-state index in [0.717, 1.165) is 21.2 Å². The van der Waals surface area contributed by atoms with Crippen molar-refractivity contribution >= 4 is 27.4 Å². The van der Waals surface area contributed by atoms with Crippen molar-refractivity contribution in [1.82, 2.24) is 10.3 Å². The number of benzene rings is 1. The first-order chi connectivity index (χ1) is 10.6. The molecular weight excluding hydrogens is 340 g/mol. The fourth-order valence-electron chi connectivity index (χ4n) is 2.11. The topological polar surface area (TPSA) is 42.0 Å². The summed E-state index contributed by atoms with van der Waals surface area (Å²) in [6.45, 7) is 4.65. The number of carbonyl (C=O) groups is 1. The molecule has 0 aliphatic rings. The number of rotatable bonds is 5. The van der Waals surface area contributed by atoms with Gasteiger partial charge in [-0.2, -0.15) is 0 Å². The van der Waals surface area contributed by atoms with Gasteiger partial charge >= 0.3 is 0 Å². The van der Waals surface area contributed by atoms with E-state index in [9.17, 15) is 4.79 Å². The lowest BCUT2D eigenvalue weighted by atomic mass is 9.95. The third-order valence-corrected chi connectivity index (χ3v) is 3.80. The van der Waals surface area contributed by atoms with E-state index >= 15 is 0 Å². The second kappa shape index (κ2) is 7.90. The van der Waals surface area contributed by atoms with E-state index in [1.54, 1.807) is 18.5 Å². The molecule has 1 aromatic carbocycles. The van der Waals surface area contributed by atoms with Crippen LogP contribution in [0, 0.1) is 5.92 Å². The first-order valence-corrected chi connectivity index (χ1v) is 8.00. The fourth-order valence-corrected chi connectivity index (χ4v) is 2.37. The largest absolute Gasteiger partial charge is 0.348 e. The molecule has 22 heavy (non-hydrogen) atoms. The van der Waals surface area contributed by atoms with Gasteiger partial charge in [0.25, 0.3) is 0 Å². The van der Waals surface area contributed by atoms with Crippen LogP contribution in [-0.2, 0) is 11.3 Å². The van der Waals surface area contributed by atoms with Gasteiger partial charge in [-0.25, -0.2) is 0 Å². The van der Waals surface area contributed by atoms with Gasteiger partial charge in [-0.3, -0.25) is 9.78 Å². The summed E-state index contributed by atoms with van der Waals surface area (Å²) in [7, 11) is 0. The van der Waals surface area contributed by atoms with Gasteiger partial charge in [-0.05, 0) is 40.8 Å². The monoisotopic (exact) mass is 358 g/mol. The fraction of sp³-hybridized carbons (Fsp3) is 0.222. The van der Waals surface area contributed by atoms with Gasteiger partial charge in [0.2, 0.25) is 5.91 Å². The number of nitrogens with zero attached hydrogens (tertiary/aromatic N) is 1. The molecule has 0 bridgehead atoms. The summed E-state index contributed by atoms with van der Waals surface area (Å²) in [5, 5.41) is 2.90. The van der Waals surface area contributed by atoms with Gasteiger partial charge in [0, 0.05) is 29.5 Å². The first-order valence-electron chi connectivity index (χ1n) is 7.20. The highest BCUT2D eigenvalue weighted by Gasteiger charge is 2.09. The Morgan fingerprint density at radius 1 is 1.27 bits per heavy atom. The zero-order valence-corrected chi connectivity index (χ0v) is 14.3. The van der Waals surface area contributed by atoms with Crippen molar-refractivity contribution in [3.05, 3.63) is 70.5 Å². The molecule has 0 saturated heterocycles. The zero-order chi connectivity index (χ0) is 15.9. The molecule has 0 unspecified atom stereocenters. The molecule has 0 fully saturated rings. The number of pyridine rings is 1. The minimum atomic E-state index is -0.0875. The summed E-state index contributed by atoms with van der Waals surface area (Å²) < 4.78 is 1.03. The third kappa shape index (κ3) is 4.81. The highest BCUT2D eigenvalue weighted by atomic mass is 79.9. The van der Waals surface area contributed by atoms with E-state index in [-0.39, 0.29) is 11.8 Å². The van der Waals surface area contributed by atoms with Crippen LogP contribution >= 0.6 is 15.9 Å². The molecule has 0 spiro atoms.